The van der Waals surface area contributed by atoms with Gasteiger partial charge in [0, 0.05) is 18.6 Å². The molecule has 2 heteroatoms. The van der Waals surface area contributed by atoms with Gasteiger partial charge in [-0.1, -0.05) is 49.6 Å². The fourth-order valence-corrected chi connectivity index (χ4v) is 3.42. The molecule has 0 bridgehead atoms. The minimum atomic E-state index is 0.446. The zero-order valence-corrected chi connectivity index (χ0v) is 13.4. The highest BCUT2D eigenvalue weighted by Gasteiger charge is 2.22. The van der Waals surface area contributed by atoms with E-state index in [2.05, 4.69) is 55.4 Å². The first-order valence-corrected chi connectivity index (χ1v) is 8.22. The summed E-state index contributed by atoms with van der Waals surface area (Å²) in [6, 6.07) is 10.2. The molecule has 2 rings (SSSR count). The molecule has 1 saturated heterocycles. The maximum absolute atomic E-state index is 3.52. The monoisotopic (exact) mass is 274 g/mol. The number of nitrogens with zero attached hydrogens (tertiary/aromatic N) is 1. The van der Waals surface area contributed by atoms with Crippen LogP contribution >= 0.6 is 0 Å². The molecule has 1 fully saturated rings. The summed E-state index contributed by atoms with van der Waals surface area (Å²) >= 11 is 0. The van der Waals surface area contributed by atoms with E-state index in [1.54, 1.807) is 0 Å². The third-order valence-electron chi connectivity index (χ3n) is 4.68. The van der Waals surface area contributed by atoms with E-state index >= 15 is 0 Å². The number of nitrogens with one attached hydrogen (secondary N) is 1. The van der Waals surface area contributed by atoms with Crippen molar-refractivity contribution in [1.29, 1.82) is 0 Å². The number of likely N-dealkylation sites (N-methyl/N-ethyl adjacent to an activating group) is 1. The van der Waals surface area contributed by atoms with Crippen molar-refractivity contribution in [2.45, 2.75) is 58.0 Å². The minimum absolute atomic E-state index is 0.446. The predicted octanol–water partition coefficient (Wildman–Crippen LogP) is 3.91. The molecular formula is C18H30N2. The van der Waals surface area contributed by atoms with Crippen LogP contribution in [0.15, 0.2) is 24.3 Å². The SMILES string of the molecule is CCC1CCCCCN1CC(NC)c1cccc(C)c1. The van der Waals surface area contributed by atoms with Gasteiger partial charge in [0.25, 0.3) is 0 Å². The number of likely N-dealkylation sites (tertiary alicyclic amines) is 1. The van der Waals surface area contributed by atoms with Crippen molar-refractivity contribution >= 4 is 0 Å². The lowest BCUT2D eigenvalue weighted by Crippen LogP contribution is -2.40. The molecule has 2 nitrogen and oxygen atoms in total. The molecule has 0 aliphatic carbocycles. The number of rotatable bonds is 5. The van der Waals surface area contributed by atoms with E-state index in [-0.39, 0.29) is 0 Å². The van der Waals surface area contributed by atoms with E-state index in [0.29, 0.717) is 6.04 Å². The highest BCUT2D eigenvalue weighted by atomic mass is 15.2. The summed E-state index contributed by atoms with van der Waals surface area (Å²) in [7, 11) is 2.09. The van der Waals surface area contributed by atoms with Gasteiger partial charge in [0.05, 0.1) is 0 Å². The van der Waals surface area contributed by atoms with Crippen LogP contribution in [0.1, 0.15) is 56.2 Å². The first-order valence-electron chi connectivity index (χ1n) is 8.22. The average Bonchev–Trinajstić information content (AvgIpc) is 2.69. The van der Waals surface area contributed by atoms with Gasteiger partial charge in [-0.3, -0.25) is 4.90 Å². The van der Waals surface area contributed by atoms with Crippen molar-refractivity contribution < 1.29 is 0 Å². The molecule has 112 valence electrons. The van der Waals surface area contributed by atoms with Gasteiger partial charge in [-0.25, -0.2) is 0 Å². The lowest BCUT2D eigenvalue weighted by atomic mass is 10.0. The molecule has 1 heterocycles. The van der Waals surface area contributed by atoms with E-state index in [9.17, 15) is 0 Å². The van der Waals surface area contributed by atoms with Gasteiger partial charge in [-0.2, -0.15) is 0 Å². The Bertz CT molecular complexity index is 402. The van der Waals surface area contributed by atoms with E-state index in [1.165, 1.54) is 49.8 Å². The highest BCUT2D eigenvalue weighted by molar-refractivity contribution is 5.25. The lowest BCUT2D eigenvalue weighted by molar-refractivity contribution is 0.176. The second-order valence-electron chi connectivity index (χ2n) is 6.16. The van der Waals surface area contributed by atoms with Gasteiger partial charge in [-0.05, 0) is 45.3 Å². The Morgan fingerprint density at radius 3 is 2.85 bits per heavy atom. The van der Waals surface area contributed by atoms with E-state index in [0.717, 1.165) is 12.6 Å². The topological polar surface area (TPSA) is 15.3 Å². The molecule has 1 aliphatic rings. The molecule has 1 N–H and O–H groups in total. The second-order valence-corrected chi connectivity index (χ2v) is 6.16. The van der Waals surface area contributed by atoms with Crippen LogP contribution in [0.3, 0.4) is 0 Å². The molecule has 0 spiro atoms. The quantitative estimate of drug-likeness (QED) is 0.875. The predicted molar refractivity (Wildman–Crippen MR) is 87.1 cm³/mol. The Morgan fingerprint density at radius 2 is 2.15 bits per heavy atom. The summed E-state index contributed by atoms with van der Waals surface area (Å²) < 4.78 is 0. The number of benzene rings is 1. The normalized spacial score (nSPS) is 22.4. The Hall–Kier alpha value is -0.860. The molecule has 1 aromatic rings. The van der Waals surface area contributed by atoms with Crippen molar-refractivity contribution in [2.75, 3.05) is 20.1 Å². The average molecular weight is 274 g/mol. The van der Waals surface area contributed by atoms with Crippen LogP contribution in [0.4, 0.5) is 0 Å². The highest BCUT2D eigenvalue weighted by Crippen LogP contribution is 2.23. The van der Waals surface area contributed by atoms with Gasteiger partial charge in [-0.15, -0.1) is 0 Å². The Labute approximate surface area is 124 Å². The minimum Gasteiger partial charge on any atom is -0.312 e. The molecule has 0 saturated carbocycles. The fraction of sp³-hybridized carbons (Fsp3) is 0.667. The molecule has 1 aliphatic heterocycles. The molecule has 0 amide bonds. The number of aryl methyl sites for hydroxylation is 1. The smallest absolute Gasteiger partial charge is 0.0447 e. The number of hydrogen-bond donors (Lipinski definition) is 1. The Balaban J connectivity index is 2.07. The molecule has 2 unspecified atom stereocenters. The van der Waals surface area contributed by atoms with Crippen molar-refractivity contribution in [3.8, 4) is 0 Å². The largest absolute Gasteiger partial charge is 0.312 e. The standard InChI is InChI=1S/C18H30N2/c1-4-17-11-6-5-7-12-20(17)14-18(19-3)16-10-8-9-15(2)13-16/h8-10,13,17-19H,4-7,11-12,14H2,1-3H3. The first kappa shape index (κ1) is 15.5. The zero-order chi connectivity index (χ0) is 14.4. The summed E-state index contributed by atoms with van der Waals surface area (Å²) in [5.74, 6) is 0. The van der Waals surface area contributed by atoms with Crippen molar-refractivity contribution in [3.05, 3.63) is 35.4 Å². The molecular weight excluding hydrogens is 244 g/mol. The van der Waals surface area contributed by atoms with Crippen molar-refractivity contribution in [2.24, 2.45) is 0 Å². The lowest BCUT2D eigenvalue weighted by Gasteiger charge is -2.33. The van der Waals surface area contributed by atoms with Gasteiger partial charge < -0.3 is 5.32 Å². The van der Waals surface area contributed by atoms with Gasteiger partial charge in [0.2, 0.25) is 0 Å². The molecule has 1 aromatic carbocycles. The van der Waals surface area contributed by atoms with Crippen LogP contribution in [0.5, 0.6) is 0 Å². The van der Waals surface area contributed by atoms with E-state index in [4.69, 9.17) is 0 Å². The van der Waals surface area contributed by atoms with Crippen LogP contribution < -0.4 is 5.32 Å². The van der Waals surface area contributed by atoms with Crippen molar-refractivity contribution in [1.82, 2.24) is 10.2 Å². The maximum Gasteiger partial charge on any atom is 0.0447 e. The van der Waals surface area contributed by atoms with Gasteiger partial charge in [0.1, 0.15) is 0 Å². The van der Waals surface area contributed by atoms with E-state index in [1.807, 2.05) is 0 Å². The summed E-state index contributed by atoms with van der Waals surface area (Å²) in [6.45, 7) is 6.92. The summed E-state index contributed by atoms with van der Waals surface area (Å²) in [4.78, 5) is 2.72. The first-order chi connectivity index (χ1) is 9.74. The molecule has 20 heavy (non-hydrogen) atoms. The summed E-state index contributed by atoms with van der Waals surface area (Å²) in [5, 5.41) is 3.52. The second kappa shape index (κ2) is 7.80. The maximum atomic E-state index is 3.52. The molecule has 0 radical (unpaired) electrons. The summed E-state index contributed by atoms with van der Waals surface area (Å²) in [6.07, 6.45) is 6.83. The van der Waals surface area contributed by atoms with Crippen LogP contribution in [0.2, 0.25) is 0 Å². The third-order valence-corrected chi connectivity index (χ3v) is 4.68. The number of hydrogen-bond acceptors (Lipinski definition) is 2. The van der Waals surface area contributed by atoms with Gasteiger partial charge >= 0.3 is 0 Å². The van der Waals surface area contributed by atoms with E-state index < -0.39 is 0 Å². The summed E-state index contributed by atoms with van der Waals surface area (Å²) in [5.41, 5.74) is 2.78. The fourth-order valence-electron chi connectivity index (χ4n) is 3.42. The van der Waals surface area contributed by atoms with Crippen molar-refractivity contribution in [3.63, 3.8) is 0 Å². The van der Waals surface area contributed by atoms with Crippen LogP contribution in [0.25, 0.3) is 0 Å². The third kappa shape index (κ3) is 4.07. The van der Waals surface area contributed by atoms with Crippen LogP contribution in [-0.2, 0) is 0 Å². The molecule has 0 aromatic heterocycles. The Kier molecular flexibility index (Phi) is 6.06. The molecule has 2 atom stereocenters. The van der Waals surface area contributed by atoms with Crippen LogP contribution in [-0.4, -0.2) is 31.1 Å². The zero-order valence-electron chi connectivity index (χ0n) is 13.4. The van der Waals surface area contributed by atoms with Crippen LogP contribution in [0, 0.1) is 6.92 Å². The Morgan fingerprint density at radius 1 is 1.30 bits per heavy atom. The van der Waals surface area contributed by atoms with Gasteiger partial charge in [0.15, 0.2) is 0 Å².